The number of nitrogens with one attached hydrogen (secondary N) is 1. The lowest BCUT2D eigenvalue weighted by Gasteiger charge is -2.26. The van der Waals surface area contributed by atoms with Crippen molar-refractivity contribution in [2.75, 3.05) is 54.2 Å². The van der Waals surface area contributed by atoms with Gasteiger partial charge in [-0.15, -0.1) is 0 Å². The Balaban J connectivity index is 1.73. The average molecular weight is 465 g/mol. The second kappa shape index (κ2) is 10.7. The molecule has 2 aromatic rings. The summed E-state index contributed by atoms with van der Waals surface area (Å²) < 4.78 is 48.6. The fraction of sp³-hybridized carbons (Fsp3) is 0.409. The SMILES string of the molecule is COc1ccc(CCNC(=O)c2ccc(OC)c(S(=O)(=O)N3CCOCC3)c2)c(OC)c1. The minimum Gasteiger partial charge on any atom is -0.497 e. The van der Waals surface area contributed by atoms with Crippen LogP contribution in [0, 0.1) is 0 Å². The number of ether oxygens (including phenoxy) is 4. The number of hydrogen-bond acceptors (Lipinski definition) is 7. The molecule has 1 heterocycles. The smallest absolute Gasteiger partial charge is 0.251 e. The molecule has 1 aliphatic heterocycles. The van der Waals surface area contributed by atoms with E-state index in [1.807, 2.05) is 12.1 Å². The number of carbonyl (C=O) groups is 1. The first-order valence-electron chi connectivity index (χ1n) is 10.2. The topological polar surface area (TPSA) is 103 Å². The average Bonchev–Trinajstić information content (AvgIpc) is 2.84. The number of rotatable bonds is 9. The monoisotopic (exact) mass is 464 g/mol. The van der Waals surface area contributed by atoms with Crippen LogP contribution < -0.4 is 19.5 Å². The van der Waals surface area contributed by atoms with E-state index in [0.717, 1.165) is 5.56 Å². The molecule has 10 heteroatoms. The molecule has 0 aromatic heterocycles. The summed E-state index contributed by atoms with van der Waals surface area (Å²) in [6, 6.07) is 9.88. The molecular weight excluding hydrogens is 436 g/mol. The van der Waals surface area contributed by atoms with Crippen LogP contribution in [0.5, 0.6) is 17.2 Å². The molecule has 0 aliphatic carbocycles. The first-order chi connectivity index (χ1) is 15.4. The number of carbonyl (C=O) groups excluding carboxylic acids is 1. The molecule has 9 nitrogen and oxygen atoms in total. The fourth-order valence-corrected chi connectivity index (χ4v) is 5.01. The maximum absolute atomic E-state index is 13.1. The quantitative estimate of drug-likeness (QED) is 0.603. The minimum absolute atomic E-state index is 0.0358. The second-order valence-electron chi connectivity index (χ2n) is 7.07. The molecule has 2 aromatic carbocycles. The highest BCUT2D eigenvalue weighted by Gasteiger charge is 2.30. The molecule has 0 atom stereocenters. The third kappa shape index (κ3) is 5.32. The Hall–Kier alpha value is -2.82. The molecule has 3 rings (SSSR count). The van der Waals surface area contributed by atoms with E-state index in [2.05, 4.69) is 5.32 Å². The molecule has 32 heavy (non-hydrogen) atoms. The molecule has 1 saturated heterocycles. The number of amides is 1. The van der Waals surface area contributed by atoms with Crippen LogP contribution in [0.2, 0.25) is 0 Å². The van der Waals surface area contributed by atoms with Gasteiger partial charge in [0.2, 0.25) is 10.0 Å². The van der Waals surface area contributed by atoms with E-state index in [1.54, 1.807) is 26.4 Å². The molecule has 0 unspecified atom stereocenters. The number of hydrogen-bond donors (Lipinski definition) is 1. The van der Waals surface area contributed by atoms with E-state index in [4.69, 9.17) is 18.9 Å². The summed E-state index contributed by atoms with van der Waals surface area (Å²) >= 11 is 0. The largest absolute Gasteiger partial charge is 0.497 e. The van der Waals surface area contributed by atoms with Crippen molar-refractivity contribution in [1.29, 1.82) is 0 Å². The zero-order valence-electron chi connectivity index (χ0n) is 18.4. The first-order valence-corrected chi connectivity index (χ1v) is 11.6. The van der Waals surface area contributed by atoms with Crippen molar-refractivity contribution in [2.45, 2.75) is 11.3 Å². The summed E-state index contributed by atoms with van der Waals surface area (Å²) in [6.07, 6.45) is 0.536. The summed E-state index contributed by atoms with van der Waals surface area (Å²) in [5.41, 5.74) is 1.15. The van der Waals surface area contributed by atoms with E-state index in [0.29, 0.717) is 37.7 Å². The van der Waals surface area contributed by atoms with Gasteiger partial charge < -0.3 is 24.3 Å². The summed E-state index contributed by atoms with van der Waals surface area (Å²) in [5, 5.41) is 2.83. The van der Waals surface area contributed by atoms with Crippen molar-refractivity contribution in [3.8, 4) is 17.2 Å². The number of morpholine rings is 1. The van der Waals surface area contributed by atoms with E-state index in [-0.39, 0.29) is 35.2 Å². The van der Waals surface area contributed by atoms with Gasteiger partial charge in [-0.05, 0) is 36.2 Å². The number of methoxy groups -OCH3 is 3. The van der Waals surface area contributed by atoms with Gasteiger partial charge in [-0.3, -0.25) is 4.79 Å². The Labute approximate surface area is 188 Å². The molecule has 1 N–H and O–H groups in total. The Kier molecular flexibility index (Phi) is 7.94. The van der Waals surface area contributed by atoms with Crippen LogP contribution >= 0.6 is 0 Å². The highest BCUT2D eigenvalue weighted by atomic mass is 32.2. The molecule has 0 bridgehead atoms. The Morgan fingerprint density at radius 1 is 1.00 bits per heavy atom. The van der Waals surface area contributed by atoms with Crippen LogP contribution in [0.3, 0.4) is 0 Å². The van der Waals surface area contributed by atoms with Gasteiger partial charge in [0.15, 0.2) is 0 Å². The van der Waals surface area contributed by atoms with Crippen LogP contribution in [0.1, 0.15) is 15.9 Å². The van der Waals surface area contributed by atoms with Crippen molar-refractivity contribution in [3.63, 3.8) is 0 Å². The van der Waals surface area contributed by atoms with Crippen molar-refractivity contribution < 1.29 is 32.2 Å². The van der Waals surface area contributed by atoms with Crippen LogP contribution in [0.25, 0.3) is 0 Å². The van der Waals surface area contributed by atoms with Gasteiger partial charge in [0.25, 0.3) is 5.91 Å². The number of nitrogens with zero attached hydrogens (tertiary/aromatic N) is 1. The zero-order chi connectivity index (χ0) is 23.1. The predicted octanol–water partition coefficient (Wildman–Crippen LogP) is 1.71. The lowest BCUT2D eigenvalue weighted by molar-refractivity contribution is 0.0729. The minimum atomic E-state index is -3.82. The second-order valence-corrected chi connectivity index (χ2v) is 8.97. The maximum Gasteiger partial charge on any atom is 0.251 e. The van der Waals surface area contributed by atoms with Crippen molar-refractivity contribution in [3.05, 3.63) is 47.5 Å². The highest BCUT2D eigenvalue weighted by molar-refractivity contribution is 7.89. The lowest BCUT2D eigenvalue weighted by Crippen LogP contribution is -2.40. The van der Waals surface area contributed by atoms with E-state index in [1.165, 1.54) is 23.5 Å². The number of benzene rings is 2. The highest BCUT2D eigenvalue weighted by Crippen LogP contribution is 2.29. The van der Waals surface area contributed by atoms with Crippen molar-refractivity contribution >= 4 is 15.9 Å². The van der Waals surface area contributed by atoms with Gasteiger partial charge in [-0.25, -0.2) is 8.42 Å². The molecule has 0 spiro atoms. The summed E-state index contributed by atoms with van der Waals surface area (Å²) in [7, 11) is 0.733. The van der Waals surface area contributed by atoms with Crippen LogP contribution in [-0.4, -0.2) is 72.8 Å². The van der Waals surface area contributed by atoms with Gasteiger partial charge >= 0.3 is 0 Å². The molecule has 1 fully saturated rings. The van der Waals surface area contributed by atoms with Gasteiger partial charge in [0.1, 0.15) is 22.1 Å². The molecular formula is C22H28N2O7S. The molecule has 1 amide bonds. The predicted molar refractivity (Wildman–Crippen MR) is 118 cm³/mol. The number of sulfonamides is 1. The summed E-state index contributed by atoms with van der Waals surface area (Å²) in [4.78, 5) is 12.7. The third-order valence-corrected chi connectivity index (χ3v) is 7.11. The maximum atomic E-state index is 13.1. The normalized spacial score (nSPS) is 14.6. The van der Waals surface area contributed by atoms with Crippen LogP contribution in [-0.2, 0) is 21.2 Å². The van der Waals surface area contributed by atoms with Crippen molar-refractivity contribution in [2.24, 2.45) is 0 Å². The van der Waals surface area contributed by atoms with Gasteiger partial charge in [-0.2, -0.15) is 4.31 Å². The van der Waals surface area contributed by atoms with Gasteiger partial charge in [0, 0.05) is 31.3 Å². The Bertz CT molecular complexity index is 1050. The fourth-order valence-electron chi connectivity index (χ4n) is 3.42. The van der Waals surface area contributed by atoms with Gasteiger partial charge in [0.05, 0.1) is 34.5 Å². The van der Waals surface area contributed by atoms with E-state index >= 15 is 0 Å². The van der Waals surface area contributed by atoms with Crippen LogP contribution in [0.4, 0.5) is 0 Å². The van der Waals surface area contributed by atoms with Crippen LogP contribution in [0.15, 0.2) is 41.3 Å². The lowest BCUT2D eigenvalue weighted by atomic mass is 10.1. The molecule has 174 valence electrons. The molecule has 0 saturated carbocycles. The summed E-state index contributed by atoms with van der Waals surface area (Å²) in [5.74, 6) is 1.17. The third-order valence-electron chi connectivity index (χ3n) is 5.19. The zero-order valence-corrected chi connectivity index (χ0v) is 19.2. The Morgan fingerprint density at radius 3 is 2.38 bits per heavy atom. The van der Waals surface area contributed by atoms with Gasteiger partial charge in [-0.1, -0.05) is 6.07 Å². The molecule has 0 radical (unpaired) electrons. The Morgan fingerprint density at radius 2 is 1.72 bits per heavy atom. The molecule has 1 aliphatic rings. The van der Waals surface area contributed by atoms with E-state index < -0.39 is 10.0 Å². The summed E-state index contributed by atoms with van der Waals surface area (Å²) in [6.45, 7) is 1.52. The first kappa shape index (κ1) is 23.8. The van der Waals surface area contributed by atoms with E-state index in [9.17, 15) is 13.2 Å². The van der Waals surface area contributed by atoms with Crippen molar-refractivity contribution in [1.82, 2.24) is 9.62 Å². The standard InChI is InChI=1S/C22H28N2O7S/c1-28-18-6-4-16(20(15-18)30-3)8-9-23-22(25)17-5-7-19(29-2)21(14-17)32(26,27)24-10-12-31-13-11-24/h4-7,14-15H,8-13H2,1-3H3,(H,23,25).